The van der Waals surface area contributed by atoms with Crippen molar-refractivity contribution in [3.8, 4) is 0 Å². The first-order valence-electron chi connectivity index (χ1n) is 3.39. The maximum absolute atomic E-state index is 12.3. The van der Waals surface area contributed by atoms with E-state index < -0.39 is 6.43 Å². The van der Waals surface area contributed by atoms with Crippen LogP contribution in [0.5, 0.6) is 0 Å². The molecule has 2 nitrogen and oxygen atoms in total. The van der Waals surface area contributed by atoms with Crippen molar-refractivity contribution in [2.45, 2.75) is 13.0 Å². The van der Waals surface area contributed by atoms with Gasteiger partial charge in [0.25, 0.3) is 6.43 Å². The first-order valence-corrected chi connectivity index (χ1v) is 4.85. The molecule has 1 aromatic heterocycles. The Morgan fingerprint density at radius 3 is 2.69 bits per heavy atom. The molecule has 1 rings (SSSR count). The predicted molar refractivity (Wildman–Crippen MR) is 54.8 cm³/mol. The van der Waals surface area contributed by atoms with Gasteiger partial charge in [-0.2, -0.15) is 0 Å². The van der Waals surface area contributed by atoms with E-state index >= 15 is 0 Å². The van der Waals surface area contributed by atoms with Gasteiger partial charge in [0.2, 0.25) is 0 Å². The molecule has 2 N–H and O–H groups in total. The van der Waals surface area contributed by atoms with Crippen LogP contribution in [-0.4, -0.2) is 4.98 Å². The van der Waals surface area contributed by atoms with Crippen LogP contribution < -0.4 is 5.73 Å². The van der Waals surface area contributed by atoms with E-state index in [9.17, 15) is 8.78 Å². The monoisotopic (exact) mass is 318 g/mol. The summed E-state index contributed by atoms with van der Waals surface area (Å²) < 4.78 is 25.0. The smallest absolute Gasteiger partial charge is 0.281 e. The molecule has 13 heavy (non-hydrogen) atoms. The van der Waals surface area contributed by atoms with Crippen molar-refractivity contribution in [2.75, 3.05) is 0 Å². The van der Waals surface area contributed by atoms with Crippen molar-refractivity contribution in [1.29, 1.82) is 0 Å². The van der Waals surface area contributed by atoms with Crippen LogP contribution in [0.3, 0.4) is 0 Å². The number of alkyl halides is 2. The number of nitrogens with two attached hydrogens (primary N) is 1. The molecule has 0 spiro atoms. The second-order valence-electron chi connectivity index (χ2n) is 2.31. The Balaban J connectivity index is 3.20. The van der Waals surface area contributed by atoms with Gasteiger partial charge in [0, 0.05) is 6.54 Å². The van der Waals surface area contributed by atoms with Gasteiger partial charge in [0.1, 0.15) is 9.39 Å². The van der Waals surface area contributed by atoms with Crippen molar-refractivity contribution in [3.05, 3.63) is 26.0 Å². The molecule has 0 radical (unpaired) electrons. The molecule has 0 fully saturated rings. The average molecular weight is 318 g/mol. The van der Waals surface area contributed by atoms with Gasteiger partial charge >= 0.3 is 0 Å². The molecule has 0 aliphatic rings. The van der Waals surface area contributed by atoms with Crippen LogP contribution in [0.2, 0.25) is 5.02 Å². The zero-order chi connectivity index (χ0) is 10.0. The maximum atomic E-state index is 12.3. The first-order chi connectivity index (χ1) is 6.06. The summed E-state index contributed by atoms with van der Waals surface area (Å²) in [6.07, 6.45) is -2.65. The molecule has 0 atom stereocenters. The minimum absolute atomic E-state index is 0.0316. The summed E-state index contributed by atoms with van der Waals surface area (Å²) in [5.41, 5.74) is 5.64. The molecule has 0 aliphatic heterocycles. The molecule has 1 aromatic rings. The normalized spacial score (nSPS) is 10.9. The van der Waals surface area contributed by atoms with Crippen molar-refractivity contribution in [2.24, 2.45) is 5.73 Å². The van der Waals surface area contributed by atoms with Crippen LogP contribution in [0.15, 0.2) is 6.07 Å². The molecule has 0 aliphatic carbocycles. The van der Waals surface area contributed by atoms with E-state index in [-0.39, 0.29) is 17.3 Å². The van der Waals surface area contributed by atoms with Crippen LogP contribution >= 0.6 is 34.2 Å². The Bertz CT molecular complexity index is 320. The summed E-state index contributed by atoms with van der Waals surface area (Å²) >= 11 is 7.43. The third kappa shape index (κ3) is 2.47. The van der Waals surface area contributed by atoms with Crippen molar-refractivity contribution in [3.63, 3.8) is 0 Å². The standard InChI is InChI=1S/C7H6ClF2IN2/c8-4-1-3(2-12)7(11)13-5(4)6(9)10/h1,6H,2,12H2. The number of pyridine rings is 1. The number of hydrogen-bond acceptors (Lipinski definition) is 2. The van der Waals surface area contributed by atoms with E-state index in [0.717, 1.165) is 0 Å². The van der Waals surface area contributed by atoms with E-state index in [1.165, 1.54) is 6.07 Å². The lowest BCUT2D eigenvalue weighted by Gasteiger charge is -2.06. The van der Waals surface area contributed by atoms with Gasteiger partial charge in [0.05, 0.1) is 5.02 Å². The largest absolute Gasteiger partial charge is 0.326 e. The molecule has 72 valence electrons. The zero-order valence-corrected chi connectivity index (χ0v) is 9.31. The highest BCUT2D eigenvalue weighted by atomic mass is 127. The Labute approximate surface area is 92.6 Å². The van der Waals surface area contributed by atoms with Crippen molar-refractivity contribution in [1.82, 2.24) is 4.98 Å². The Hall–Kier alpha value is -0.0100. The van der Waals surface area contributed by atoms with E-state index in [1.54, 1.807) is 0 Å². The minimum atomic E-state index is -2.65. The van der Waals surface area contributed by atoms with Crippen LogP contribution in [0.1, 0.15) is 17.7 Å². The van der Waals surface area contributed by atoms with Gasteiger partial charge < -0.3 is 5.73 Å². The van der Waals surface area contributed by atoms with E-state index in [2.05, 4.69) is 4.98 Å². The van der Waals surface area contributed by atoms with Gasteiger partial charge in [-0.15, -0.1) is 0 Å². The molecule has 0 aromatic carbocycles. The number of halogens is 4. The van der Waals surface area contributed by atoms with Crippen molar-refractivity contribution >= 4 is 34.2 Å². The van der Waals surface area contributed by atoms with Gasteiger partial charge in [-0.3, -0.25) is 0 Å². The second kappa shape index (κ2) is 4.47. The minimum Gasteiger partial charge on any atom is -0.326 e. The molecule has 0 saturated carbocycles. The van der Waals surface area contributed by atoms with E-state index in [4.69, 9.17) is 17.3 Å². The molecule has 0 bridgehead atoms. The number of nitrogens with zero attached hydrogens (tertiary/aromatic N) is 1. The lowest BCUT2D eigenvalue weighted by atomic mass is 10.2. The summed E-state index contributed by atoms with van der Waals surface area (Å²) in [7, 11) is 0. The number of rotatable bonds is 2. The lowest BCUT2D eigenvalue weighted by Crippen LogP contribution is -2.04. The number of hydrogen-bond donors (Lipinski definition) is 1. The first kappa shape index (κ1) is 11.1. The van der Waals surface area contributed by atoms with Crippen LogP contribution in [0, 0.1) is 3.70 Å². The predicted octanol–water partition coefficient (Wildman–Crippen LogP) is 2.74. The molecule has 0 saturated heterocycles. The van der Waals surface area contributed by atoms with Crippen LogP contribution in [0.4, 0.5) is 8.78 Å². The number of aromatic nitrogens is 1. The maximum Gasteiger partial charge on any atom is 0.281 e. The summed E-state index contributed by atoms with van der Waals surface area (Å²) in [6, 6.07) is 1.43. The van der Waals surface area contributed by atoms with Gasteiger partial charge in [0.15, 0.2) is 0 Å². The molecule has 0 unspecified atom stereocenters. The summed E-state index contributed by atoms with van der Waals surface area (Å²) in [4.78, 5) is 3.67. The van der Waals surface area contributed by atoms with Crippen LogP contribution in [0.25, 0.3) is 0 Å². The fourth-order valence-electron chi connectivity index (χ4n) is 0.814. The van der Waals surface area contributed by atoms with Gasteiger partial charge in [-0.05, 0) is 34.2 Å². The fourth-order valence-corrected chi connectivity index (χ4v) is 1.71. The molecular formula is C7H6ClF2IN2. The quantitative estimate of drug-likeness (QED) is 0.673. The third-order valence-corrected chi connectivity index (χ3v) is 2.69. The Morgan fingerprint density at radius 2 is 2.23 bits per heavy atom. The second-order valence-corrected chi connectivity index (χ2v) is 3.74. The van der Waals surface area contributed by atoms with Crippen molar-refractivity contribution < 1.29 is 8.78 Å². The third-order valence-electron chi connectivity index (χ3n) is 1.46. The lowest BCUT2D eigenvalue weighted by molar-refractivity contribution is 0.146. The molecule has 0 amide bonds. The molecule has 1 heterocycles. The average Bonchev–Trinajstić information content (AvgIpc) is 2.07. The van der Waals surface area contributed by atoms with Crippen LogP contribution in [-0.2, 0) is 6.54 Å². The highest BCUT2D eigenvalue weighted by Gasteiger charge is 2.15. The summed E-state index contributed by atoms with van der Waals surface area (Å²) in [5, 5.41) is -0.0316. The highest BCUT2D eigenvalue weighted by Crippen LogP contribution is 2.27. The molecule has 6 heteroatoms. The van der Waals surface area contributed by atoms with E-state index in [1.807, 2.05) is 22.6 Å². The highest BCUT2D eigenvalue weighted by molar-refractivity contribution is 14.1. The topological polar surface area (TPSA) is 38.9 Å². The Morgan fingerprint density at radius 1 is 1.62 bits per heavy atom. The summed E-state index contributed by atoms with van der Waals surface area (Å²) in [6.45, 7) is 0.245. The van der Waals surface area contributed by atoms with E-state index in [0.29, 0.717) is 9.26 Å². The summed E-state index contributed by atoms with van der Waals surface area (Å²) in [5.74, 6) is 0. The molecular weight excluding hydrogens is 312 g/mol. The SMILES string of the molecule is NCc1cc(Cl)c(C(F)F)nc1I. The zero-order valence-electron chi connectivity index (χ0n) is 6.40. The van der Waals surface area contributed by atoms with Gasteiger partial charge in [-0.25, -0.2) is 13.8 Å². The Kier molecular flexibility index (Phi) is 3.81. The fraction of sp³-hybridized carbons (Fsp3) is 0.286. The van der Waals surface area contributed by atoms with Gasteiger partial charge in [-0.1, -0.05) is 11.6 Å².